The average molecular weight is 180 g/mol. The molecular formula is C9H12N2O2. The van der Waals surface area contributed by atoms with E-state index >= 15 is 0 Å². The smallest absolute Gasteiger partial charge is 0.254 e. The van der Waals surface area contributed by atoms with E-state index in [4.69, 9.17) is 0 Å². The maximum absolute atomic E-state index is 11.4. The maximum atomic E-state index is 11.4. The van der Waals surface area contributed by atoms with Crippen LogP contribution >= 0.6 is 0 Å². The third-order valence-electron chi connectivity index (χ3n) is 1.71. The molecular weight excluding hydrogens is 168 g/mol. The lowest BCUT2D eigenvalue weighted by atomic mass is 10.4. The number of nitrogens with zero attached hydrogens (tertiary/aromatic N) is 2. The molecule has 0 saturated carbocycles. The van der Waals surface area contributed by atoms with E-state index in [1.807, 2.05) is 0 Å². The second kappa shape index (κ2) is 3.51. The normalized spacial score (nSPS) is 10.1. The third-order valence-corrected chi connectivity index (χ3v) is 1.71. The summed E-state index contributed by atoms with van der Waals surface area (Å²) in [4.78, 5) is 26.3. The van der Waals surface area contributed by atoms with Gasteiger partial charge >= 0.3 is 0 Å². The molecule has 70 valence electrons. The van der Waals surface area contributed by atoms with Gasteiger partial charge < -0.3 is 0 Å². The summed E-state index contributed by atoms with van der Waals surface area (Å²) < 4.78 is 1.37. The van der Waals surface area contributed by atoms with Gasteiger partial charge in [-0.05, 0) is 20.8 Å². The van der Waals surface area contributed by atoms with Gasteiger partial charge in [-0.1, -0.05) is 0 Å². The van der Waals surface area contributed by atoms with E-state index in [0.717, 1.165) is 0 Å². The summed E-state index contributed by atoms with van der Waals surface area (Å²) in [5.41, 5.74) is 0.516. The molecule has 13 heavy (non-hydrogen) atoms. The van der Waals surface area contributed by atoms with Gasteiger partial charge in [-0.25, -0.2) is 4.98 Å². The summed E-state index contributed by atoms with van der Waals surface area (Å²) >= 11 is 0. The number of carbonyl (C=O) groups excluding carboxylic acids is 1. The molecule has 0 amide bonds. The van der Waals surface area contributed by atoms with Crippen LogP contribution in [0.15, 0.2) is 10.9 Å². The molecule has 0 N–H and O–H groups in total. The molecule has 0 fully saturated rings. The zero-order chi connectivity index (χ0) is 10.0. The highest BCUT2D eigenvalue weighted by Gasteiger charge is 2.04. The Labute approximate surface area is 76.2 Å². The molecule has 0 radical (unpaired) electrons. The number of carbonyl (C=O) groups is 1. The first-order valence-electron chi connectivity index (χ1n) is 4.05. The fourth-order valence-electron chi connectivity index (χ4n) is 1.18. The number of aromatic nitrogens is 2. The van der Waals surface area contributed by atoms with E-state index in [0.29, 0.717) is 11.5 Å². The molecule has 0 unspecified atom stereocenters. The van der Waals surface area contributed by atoms with Crippen LogP contribution in [0.2, 0.25) is 0 Å². The standard InChI is InChI=1S/C9H12N2O2/c1-6-4-9(13)11(5-7(2)12)8(3)10-6/h4H,5H2,1-3H3. The van der Waals surface area contributed by atoms with Crippen LogP contribution in [0.5, 0.6) is 0 Å². The minimum atomic E-state index is -0.166. The van der Waals surface area contributed by atoms with Crippen molar-refractivity contribution < 1.29 is 4.79 Å². The number of ketones is 1. The number of hydrogen-bond donors (Lipinski definition) is 0. The molecule has 0 spiro atoms. The van der Waals surface area contributed by atoms with Crippen molar-refractivity contribution in [3.63, 3.8) is 0 Å². The van der Waals surface area contributed by atoms with Crippen LogP contribution in [0, 0.1) is 13.8 Å². The highest BCUT2D eigenvalue weighted by Crippen LogP contribution is 1.93. The highest BCUT2D eigenvalue weighted by atomic mass is 16.1. The molecule has 1 aromatic heterocycles. The van der Waals surface area contributed by atoms with Gasteiger partial charge in [0, 0.05) is 11.8 Å². The van der Waals surface area contributed by atoms with Crippen molar-refractivity contribution in [3.05, 3.63) is 27.9 Å². The fourth-order valence-corrected chi connectivity index (χ4v) is 1.18. The van der Waals surface area contributed by atoms with Crippen molar-refractivity contribution in [2.75, 3.05) is 0 Å². The van der Waals surface area contributed by atoms with Crippen LogP contribution in [0.1, 0.15) is 18.4 Å². The number of rotatable bonds is 2. The molecule has 0 aliphatic carbocycles. The molecule has 0 aliphatic rings. The van der Waals surface area contributed by atoms with Crippen molar-refractivity contribution in [2.45, 2.75) is 27.3 Å². The molecule has 4 nitrogen and oxygen atoms in total. The van der Waals surface area contributed by atoms with Crippen molar-refractivity contribution >= 4 is 5.78 Å². The van der Waals surface area contributed by atoms with Gasteiger partial charge in [0.1, 0.15) is 11.6 Å². The molecule has 0 bridgehead atoms. The van der Waals surface area contributed by atoms with Crippen LogP contribution in [0.4, 0.5) is 0 Å². The first-order valence-corrected chi connectivity index (χ1v) is 4.05. The van der Waals surface area contributed by atoms with E-state index in [1.54, 1.807) is 13.8 Å². The second-order valence-electron chi connectivity index (χ2n) is 3.07. The Bertz CT molecular complexity index is 393. The Balaban J connectivity index is 3.21. The Hall–Kier alpha value is -1.45. The van der Waals surface area contributed by atoms with Crippen molar-refractivity contribution in [1.29, 1.82) is 0 Å². The van der Waals surface area contributed by atoms with Crippen molar-refractivity contribution in [3.8, 4) is 0 Å². The monoisotopic (exact) mass is 180 g/mol. The Morgan fingerprint density at radius 3 is 2.62 bits per heavy atom. The van der Waals surface area contributed by atoms with Crippen molar-refractivity contribution in [1.82, 2.24) is 9.55 Å². The Morgan fingerprint density at radius 1 is 1.54 bits per heavy atom. The van der Waals surface area contributed by atoms with E-state index < -0.39 is 0 Å². The van der Waals surface area contributed by atoms with Gasteiger partial charge in [-0.2, -0.15) is 0 Å². The first kappa shape index (κ1) is 9.64. The van der Waals surface area contributed by atoms with Gasteiger partial charge in [0.05, 0.1) is 6.54 Å². The first-order chi connectivity index (χ1) is 6.00. The molecule has 0 saturated heterocycles. The van der Waals surface area contributed by atoms with Crippen LogP contribution in [-0.2, 0) is 11.3 Å². The number of Topliss-reactive ketones (excluding diaryl/α,β-unsaturated/α-hetero) is 1. The van der Waals surface area contributed by atoms with Crippen molar-refractivity contribution in [2.24, 2.45) is 0 Å². The molecule has 1 rings (SSSR count). The Morgan fingerprint density at radius 2 is 2.15 bits per heavy atom. The molecule has 0 aliphatic heterocycles. The van der Waals surface area contributed by atoms with Gasteiger partial charge in [-0.3, -0.25) is 14.2 Å². The maximum Gasteiger partial charge on any atom is 0.254 e. The van der Waals surface area contributed by atoms with Crippen LogP contribution < -0.4 is 5.56 Å². The number of aryl methyl sites for hydroxylation is 2. The summed E-state index contributed by atoms with van der Waals surface area (Å²) in [5.74, 6) is 0.538. The summed E-state index contributed by atoms with van der Waals surface area (Å²) in [6.45, 7) is 5.04. The number of hydrogen-bond acceptors (Lipinski definition) is 3. The quantitative estimate of drug-likeness (QED) is 0.664. The second-order valence-corrected chi connectivity index (χ2v) is 3.07. The SMILES string of the molecule is CC(=O)Cn1c(C)nc(C)cc1=O. The minimum absolute atomic E-state index is 0.0455. The van der Waals surface area contributed by atoms with Gasteiger partial charge in [0.15, 0.2) is 0 Å². The molecule has 0 aromatic carbocycles. The molecule has 4 heteroatoms. The van der Waals surface area contributed by atoms with Gasteiger partial charge in [-0.15, -0.1) is 0 Å². The molecule has 1 aromatic rings. The largest absolute Gasteiger partial charge is 0.298 e. The zero-order valence-electron chi connectivity index (χ0n) is 8.00. The molecule has 1 heterocycles. The highest BCUT2D eigenvalue weighted by molar-refractivity contribution is 5.75. The van der Waals surface area contributed by atoms with E-state index in [1.165, 1.54) is 17.6 Å². The zero-order valence-corrected chi connectivity index (χ0v) is 8.00. The predicted octanol–water partition coefficient (Wildman–Crippen LogP) is 0.449. The molecule has 0 atom stereocenters. The summed E-state index contributed by atoms with van der Waals surface area (Å²) in [5, 5.41) is 0. The van der Waals surface area contributed by atoms with Crippen LogP contribution in [-0.4, -0.2) is 15.3 Å². The minimum Gasteiger partial charge on any atom is -0.298 e. The summed E-state index contributed by atoms with van der Waals surface area (Å²) in [7, 11) is 0. The lowest BCUT2D eigenvalue weighted by Crippen LogP contribution is -2.26. The third kappa shape index (κ3) is 2.24. The topological polar surface area (TPSA) is 52.0 Å². The van der Waals surface area contributed by atoms with E-state index in [-0.39, 0.29) is 17.9 Å². The average Bonchev–Trinajstić information content (AvgIpc) is 1.96. The Kier molecular flexibility index (Phi) is 2.60. The van der Waals surface area contributed by atoms with Gasteiger partial charge in [0.25, 0.3) is 5.56 Å². The van der Waals surface area contributed by atoms with Crippen LogP contribution in [0.25, 0.3) is 0 Å². The predicted molar refractivity (Wildman–Crippen MR) is 48.7 cm³/mol. The van der Waals surface area contributed by atoms with Crippen LogP contribution in [0.3, 0.4) is 0 Å². The van der Waals surface area contributed by atoms with E-state index in [2.05, 4.69) is 4.98 Å². The van der Waals surface area contributed by atoms with Gasteiger partial charge in [0.2, 0.25) is 0 Å². The fraction of sp³-hybridized carbons (Fsp3) is 0.444. The summed E-state index contributed by atoms with van der Waals surface area (Å²) in [6.07, 6.45) is 0. The lowest BCUT2D eigenvalue weighted by Gasteiger charge is -2.06. The van der Waals surface area contributed by atoms with E-state index in [9.17, 15) is 9.59 Å². The lowest BCUT2D eigenvalue weighted by molar-refractivity contribution is -0.117. The summed E-state index contributed by atoms with van der Waals surface area (Å²) in [6, 6.07) is 1.43.